The molecule has 1 atom stereocenters. The van der Waals surface area contributed by atoms with Crippen molar-refractivity contribution in [1.29, 1.82) is 0 Å². The van der Waals surface area contributed by atoms with E-state index >= 15 is 0 Å². The van der Waals surface area contributed by atoms with Crippen LogP contribution in [-0.2, 0) is 0 Å². The molecule has 0 aliphatic heterocycles. The van der Waals surface area contributed by atoms with Gasteiger partial charge in [0.25, 0.3) is 0 Å². The van der Waals surface area contributed by atoms with Crippen molar-refractivity contribution >= 4 is 0 Å². The number of nitrogens with two attached hydrogens (primary N) is 1. The van der Waals surface area contributed by atoms with E-state index in [-0.39, 0.29) is 6.04 Å². The van der Waals surface area contributed by atoms with E-state index < -0.39 is 0 Å². The molecule has 0 saturated carbocycles. The van der Waals surface area contributed by atoms with Crippen molar-refractivity contribution in [3.63, 3.8) is 0 Å². The van der Waals surface area contributed by atoms with E-state index in [1.165, 1.54) is 0 Å². The molecule has 11 heavy (non-hydrogen) atoms. The first-order valence-corrected chi connectivity index (χ1v) is 3.93. The zero-order valence-electron chi connectivity index (χ0n) is 7.29. The molecule has 0 saturated heterocycles. The maximum absolute atomic E-state index is 5.86. The fourth-order valence-electron chi connectivity index (χ4n) is 0.961. The van der Waals surface area contributed by atoms with Gasteiger partial charge in [-0.05, 0) is 25.0 Å². The largest absolute Gasteiger partial charge is 0.465 e. The Morgan fingerprint density at radius 2 is 2.00 bits per heavy atom. The molecular weight excluding hydrogens is 138 g/mol. The third-order valence-electron chi connectivity index (χ3n) is 1.81. The second-order valence-corrected chi connectivity index (χ2v) is 3.22. The van der Waals surface area contributed by atoms with Gasteiger partial charge in [-0.2, -0.15) is 0 Å². The first-order chi connectivity index (χ1) is 5.11. The zero-order chi connectivity index (χ0) is 8.43. The Morgan fingerprint density at radius 1 is 1.36 bits per heavy atom. The summed E-state index contributed by atoms with van der Waals surface area (Å²) < 4.78 is 5.38. The number of furan rings is 1. The van der Waals surface area contributed by atoms with E-state index in [4.69, 9.17) is 10.2 Å². The van der Waals surface area contributed by atoms with Crippen molar-refractivity contribution in [3.05, 3.63) is 23.7 Å². The number of hydrogen-bond donors (Lipinski definition) is 1. The third-order valence-corrected chi connectivity index (χ3v) is 1.81. The second kappa shape index (κ2) is 3.09. The minimum Gasteiger partial charge on any atom is -0.465 e. The monoisotopic (exact) mass is 153 g/mol. The van der Waals surface area contributed by atoms with Crippen molar-refractivity contribution in [2.45, 2.75) is 26.8 Å². The highest BCUT2D eigenvalue weighted by Crippen LogP contribution is 2.20. The van der Waals surface area contributed by atoms with Gasteiger partial charge in [-0.15, -0.1) is 0 Å². The lowest BCUT2D eigenvalue weighted by atomic mass is 10.0. The highest BCUT2D eigenvalue weighted by Gasteiger charge is 2.13. The molecule has 0 bridgehead atoms. The van der Waals surface area contributed by atoms with Crippen molar-refractivity contribution in [2.75, 3.05) is 0 Å². The molecule has 0 amide bonds. The molecule has 0 fully saturated rings. The summed E-state index contributed by atoms with van der Waals surface area (Å²) in [5.74, 6) is 2.24. The Bertz CT molecular complexity index is 227. The van der Waals surface area contributed by atoms with E-state index in [0.717, 1.165) is 11.5 Å². The fourth-order valence-corrected chi connectivity index (χ4v) is 0.961. The van der Waals surface area contributed by atoms with Crippen LogP contribution >= 0.6 is 0 Å². The van der Waals surface area contributed by atoms with Crippen LogP contribution in [0.5, 0.6) is 0 Å². The van der Waals surface area contributed by atoms with Crippen LogP contribution in [0, 0.1) is 12.8 Å². The molecule has 0 unspecified atom stereocenters. The normalized spacial score (nSPS) is 13.9. The summed E-state index contributed by atoms with van der Waals surface area (Å²) in [5, 5.41) is 0. The first-order valence-electron chi connectivity index (χ1n) is 3.93. The maximum Gasteiger partial charge on any atom is 0.121 e. The van der Waals surface area contributed by atoms with Gasteiger partial charge >= 0.3 is 0 Å². The quantitative estimate of drug-likeness (QED) is 0.707. The number of hydrogen-bond acceptors (Lipinski definition) is 2. The zero-order valence-corrected chi connectivity index (χ0v) is 7.29. The molecule has 2 nitrogen and oxygen atoms in total. The minimum absolute atomic E-state index is 0.0312. The van der Waals surface area contributed by atoms with Crippen LogP contribution in [0.15, 0.2) is 16.5 Å². The van der Waals surface area contributed by atoms with Crippen LogP contribution in [0.2, 0.25) is 0 Å². The van der Waals surface area contributed by atoms with E-state index in [1.807, 2.05) is 19.1 Å². The molecular formula is C9H15NO. The molecule has 2 heteroatoms. The highest BCUT2D eigenvalue weighted by atomic mass is 16.3. The van der Waals surface area contributed by atoms with Gasteiger partial charge in [0, 0.05) is 0 Å². The lowest BCUT2D eigenvalue weighted by Crippen LogP contribution is -2.15. The standard InChI is InChI=1S/C9H15NO/c1-6(2)9(10)8-5-4-7(3)11-8/h4-6,9H,10H2,1-3H3/t9-/m1/s1. The van der Waals surface area contributed by atoms with E-state index in [9.17, 15) is 0 Å². The predicted molar refractivity (Wildman–Crippen MR) is 45.2 cm³/mol. The Balaban J connectivity index is 2.76. The Morgan fingerprint density at radius 3 is 2.36 bits per heavy atom. The SMILES string of the molecule is Cc1ccc([C@H](N)C(C)C)o1. The van der Waals surface area contributed by atoms with E-state index in [1.54, 1.807) is 0 Å². The molecule has 0 radical (unpaired) electrons. The van der Waals surface area contributed by atoms with Crippen LogP contribution in [0.4, 0.5) is 0 Å². The minimum atomic E-state index is 0.0312. The van der Waals surface area contributed by atoms with E-state index in [0.29, 0.717) is 5.92 Å². The molecule has 1 aromatic heterocycles. The average molecular weight is 153 g/mol. The smallest absolute Gasteiger partial charge is 0.121 e. The Labute approximate surface area is 67.4 Å². The van der Waals surface area contributed by atoms with Crippen molar-refractivity contribution < 1.29 is 4.42 Å². The second-order valence-electron chi connectivity index (χ2n) is 3.22. The van der Waals surface area contributed by atoms with Crippen molar-refractivity contribution in [3.8, 4) is 0 Å². The summed E-state index contributed by atoms with van der Waals surface area (Å²) in [6.45, 7) is 6.10. The number of aryl methyl sites for hydroxylation is 1. The Kier molecular flexibility index (Phi) is 2.35. The molecule has 1 heterocycles. The molecule has 2 N–H and O–H groups in total. The van der Waals surface area contributed by atoms with Crippen molar-refractivity contribution in [1.82, 2.24) is 0 Å². The van der Waals surface area contributed by atoms with Gasteiger partial charge in [0.2, 0.25) is 0 Å². The lowest BCUT2D eigenvalue weighted by molar-refractivity contribution is 0.391. The first kappa shape index (κ1) is 8.34. The topological polar surface area (TPSA) is 39.2 Å². The molecule has 0 aliphatic carbocycles. The summed E-state index contributed by atoms with van der Waals surface area (Å²) >= 11 is 0. The molecule has 0 aromatic carbocycles. The van der Waals surface area contributed by atoms with Crippen LogP contribution in [-0.4, -0.2) is 0 Å². The van der Waals surface area contributed by atoms with Crippen LogP contribution in [0.1, 0.15) is 31.4 Å². The fraction of sp³-hybridized carbons (Fsp3) is 0.556. The average Bonchev–Trinajstić information content (AvgIpc) is 2.34. The molecule has 0 aliphatic rings. The lowest BCUT2D eigenvalue weighted by Gasteiger charge is -2.11. The Hall–Kier alpha value is -0.760. The summed E-state index contributed by atoms with van der Waals surface area (Å²) in [7, 11) is 0. The van der Waals surface area contributed by atoms with Gasteiger partial charge in [-0.1, -0.05) is 13.8 Å². The van der Waals surface area contributed by atoms with Gasteiger partial charge in [0.05, 0.1) is 6.04 Å². The number of rotatable bonds is 2. The molecule has 62 valence electrons. The van der Waals surface area contributed by atoms with Gasteiger partial charge in [0.1, 0.15) is 11.5 Å². The van der Waals surface area contributed by atoms with Gasteiger partial charge in [0.15, 0.2) is 0 Å². The summed E-state index contributed by atoms with van der Waals surface area (Å²) in [4.78, 5) is 0. The third kappa shape index (κ3) is 1.84. The summed E-state index contributed by atoms with van der Waals surface area (Å²) in [5.41, 5.74) is 5.86. The maximum atomic E-state index is 5.86. The highest BCUT2D eigenvalue weighted by molar-refractivity contribution is 5.09. The molecule has 1 rings (SSSR count). The van der Waals surface area contributed by atoms with E-state index in [2.05, 4.69) is 13.8 Å². The summed E-state index contributed by atoms with van der Waals surface area (Å²) in [6, 6.07) is 3.92. The summed E-state index contributed by atoms with van der Waals surface area (Å²) in [6.07, 6.45) is 0. The van der Waals surface area contributed by atoms with Crippen molar-refractivity contribution in [2.24, 2.45) is 11.7 Å². The predicted octanol–water partition coefficient (Wildman–Crippen LogP) is 2.24. The van der Waals surface area contributed by atoms with Crippen LogP contribution < -0.4 is 5.73 Å². The van der Waals surface area contributed by atoms with Crippen LogP contribution in [0.25, 0.3) is 0 Å². The molecule has 1 aromatic rings. The van der Waals surface area contributed by atoms with Gasteiger partial charge in [-0.25, -0.2) is 0 Å². The van der Waals surface area contributed by atoms with Gasteiger partial charge < -0.3 is 10.2 Å². The van der Waals surface area contributed by atoms with Gasteiger partial charge in [-0.3, -0.25) is 0 Å². The molecule has 0 spiro atoms. The van der Waals surface area contributed by atoms with Crippen LogP contribution in [0.3, 0.4) is 0 Å².